The van der Waals surface area contributed by atoms with Gasteiger partial charge in [-0.1, -0.05) is 19.8 Å². The van der Waals surface area contributed by atoms with Crippen LogP contribution in [0, 0.1) is 0 Å². The number of aromatic nitrogens is 1. The second-order valence-corrected chi connectivity index (χ2v) is 4.58. The summed E-state index contributed by atoms with van der Waals surface area (Å²) in [5, 5.41) is 0. The standard InChI is InChI=1S/C14H20N2O/c1-2-14(17)13-8-7-12(11-15-13)16-9-5-3-4-6-10-16/h7-8,11H,2-6,9-10H2,1H3. The van der Waals surface area contributed by atoms with Crippen LogP contribution in [0.5, 0.6) is 0 Å². The van der Waals surface area contributed by atoms with Crippen molar-refractivity contribution in [2.45, 2.75) is 39.0 Å². The highest BCUT2D eigenvalue weighted by molar-refractivity contribution is 5.94. The average molecular weight is 232 g/mol. The Hall–Kier alpha value is -1.38. The van der Waals surface area contributed by atoms with Gasteiger partial charge in [0.25, 0.3) is 0 Å². The molecule has 2 rings (SSSR count). The molecule has 0 aromatic carbocycles. The van der Waals surface area contributed by atoms with Crippen molar-refractivity contribution < 1.29 is 4.79 Å². The van der Waals surface area contributed by atoms with Crippen LogP contribution in [0.2, 0.25) is 0 Å². The summed E-state index contributed by atoms with van der Waals surface area (Å²) >= 11 is 0. The zero-order valence-corrected chi connectivity index (χ0v) is 10.5. The molecule has 1 aliphatic rings. The summed E-state index contributed by atoms with van der Waals surface area (Å²) in [7, 11) is 0. The maximum Gasteiger partial charge on any atom is 0.180 e. The molecule has 2 heterocycles. The van der Waals surface area contributed by atoms with Crippen molar-refractivity contribution in [1.29, 1.82) is 0 Å². The number of hydrogen-bond acceptors (Lipinski definition) is 3. The van der Waals surface area contributed by atoms with Crippen LogP contribution in [0.25, 0.3) is 0 Å². The van der Waals surface area contributed by atoms with E-state index in [9.17, 15) is 4.79 Å². The Bertz CT molecular complexity index is 364. The van der Waals surface area contributed by atoms with E-state index in [4.69, 9.17) is 0 Å². The van der Waals surface area contributed by atoms with Gasteiger partial charge in [0.1, 0.15) is 5.69 Å². The molecular weight excluding hydrogens is 212 g/mol. The second kappa shape index (κ2) is 5.80. The molecule has 0 saturated carbocycles. The minimum absolute atomic E-state index is 0.118. The van der Waals surface area contributed by atoms with E-state index in [0.29, 0.717) is 12.1 Å². The Kier molecular flexibility index (Phi) is 4.13. The predicted octanol–water partition coefficient (Wildman–Crippen LogP) is 3.05. The van der Waals surface area contributed by atoms with Crippen molar-refractivity contribution in [2.75, 3.05) is 18.0 Å². The molecule has 0 N–H and O–H groups in total. The first-order valence-electron chi connectivity index (χ1n) is 6.55. The number of pyridine rings is 1. The highest BCUT2D eigenvalue weighted by Gasteiger charge is 2.11. The number of rotatable bonds is 3. The number of carbonyl (C=O) groups excluding carboxylic acids is 1. The Morgan fingerprint density at radius 3 is 2.47 bits per heavy atom. The third kappa shape index (κ3) is 3.05. The van der Waals surface area contributed by atoms with Crippen LogP contribution in [0.4, 0.5) is 5.69 Å². The summed E-state index contributed by atoms with van der Waals surface area (Å²) in [6.07, 6.45) is 7.54. The molecular formula is C14H20N2O. The summed E-state index contributed by atoms with van der Waals surface area (Å²) in [4.78, 5) is 18.1. The third-order valence-electron chi connectivity index (χ3n) is 3.33. The normalized spacial score (nSPS) is 16.6. The van der Waals surface area contributed by atoms with E-state index in [1.54, 1.807) is 0 Å². The van der Waals surface area contributed by atoms with Gasteiger partial charge >= 0.3 is 0 Å². The van der Waals surface area contributed by atoms with Crippen molar-refractivity contribution in [2.24, 2.45) is 0 Å². The molecule has 0 aliphatic carbocycles. The lowest BCUT2D eigenvalue weighted by molar-refractivity contribution is 0.0983. The quantitative estimate of drug-likeness (QED) is 0.751. The lowest BCUT2D eigenvalue weighted by Gasteiger charge is -2.22. The molecule has 0 amide bonds. The number of anilines is 1. The van der Waals surface area contributed by atoms with E-state index < -0.39 is 0 Å². The van der Waals surface area contributed by atoms with Gasteiger partial charge in [-0.2, -0.15) is 0 Å². The van der Waals surface area contributed by atoms with Gasteiger partial charge in [-0.25, -0.2) is 0 Å². The topological polar surface area (TPSA) is 33.2 Å². The average Bonchev–Trinajstić information content (AvgIpc) is 2.67. The van der Waals surface area contributed by atoms with Crippen LogP contribution in [-0.4, -0.2) is 23.9 Å². The number of nitrogens with zero attached hydrogens (tertiary/aromatic N) is 2. The van der Waals surface area contributed by atoms with Gasteiger partial charge in [-0.15, -0.1) is 0 Å². The molecule has 1 aromatic heterocycles. The number of ketones is 1. The van der Waals surface area contributed by atoms with E-state index in [1.807, 2.05) is 25.3 Å². The first-order valence-corrected chi connectivity index (χ1v) is 6.55. The summed E-state index contributed by atoms with van der Waals surface area (Å²) in [6, 6.07) is 3.88. The van der Waals surface area contributed by atoms with Gasteiger partial charge in [-0.05, 0) is 25.0 Å². The summed E-state index contributed by atoms with van der Waals surface area (Å²) in [5.74, 6) is 0.118. The van der Waals surface area contributed by atoms with Gasteiger partial charge in [0, 0.05) is 19.5 Å². The summed E-state index contributed by atoms with van der Waals surface area (Å²) in [5.41, 5.74) is 1.74. The Morgan fingerprint density at radius 1 is 1.24 bits per heavy atom. The fourth-order valence-corrected chi connectivity index (χ4v) is 2.25. The van der Waals surface area contributed by atoms with Gasteiger partial charge in [0.15, 0.2) is 5.78 Å². The maximum absolute atomic E-state index is 11.5. The largest absolute Gasteiger partial charge is 0.370 e. The molecule has 17 heavy (non-hydrogen) atoms. The number of hydrogen-bond donors (Lipinski definition) is 0. The van der Waals surface area contributed by atoms with Crippen LogP contribution in [0.1, 0.15) is 49.5 Å². The lowest BCUT2D eigenvalue weighted by atomic mass is 10.2. The van der Waals surface area contributed by atoms with Gasteiger partial charge in [0.05, 0.1) is 11.9 Å². The molecule has 0 bridgehead atoms. The van der Waals surface area contributed by atoms with Crippen molar-refractivity contribution in [3.63, 3.8) is 0 Å². The number of Topliss-reactive ketones (excluding diaryl/α,β-unsaturated/α-hetero) is 1. The SMILES string of the molecule is CCC(=O)c1ccc(N2CCCCCC2)cn1. The van der Waals surface area contributed by atoms with E-state index in [-0.39, 0.29) is 5.78 Å². The third-order valence-corrected chi connectivity index (χ3v) is 3.33. The second-order valence-electron chi connectivity index (χ2n) is 4.58. The van der Waals surface area contributed by atoms with Crippen LogP contribution in [-0.2, 0) is 0 Å². The molecule has 0 unspecified atom stereocenters. The minimum atomic E-state index is 0.118. The molecule has 92 valence electrons. The fraction of sp³-hybridized carbons (Fsp3) is 0.571. The van der Waals surface area contributed by atoms with Crippen LogP contribution < -0.4 is 4.90 Å². The Balaban J connectivity index is 2.08. The minimum Gasteiger partial charge on any atom is -0.370 e. The van der Waals surface area contributed by atoms with Crippen LogP contribution in [0.3, 0.4) is 0 Å². The lowest BCUT2D eigenvalue weighted by Crippen LogP contribution is -2.24. The zero-order chi connectivity index (χ0) is 12.1. The maximum atomic E-state index is 11.5. The highest BCUT2D eigenvalue weighted by atomic mass is 16.1. The Morgan fingerprint density at radius 2 is 1.94 bits per heavy atom. The molecule has 1 saturated heterocycles. The first kappa shape index (κ1) is 12.1. The molecule has 0 spiro atoms. The summed E-state index contributed by atoms with van der Waals surface area (Å²) < 4.78 is 0. The summed E-state index contributed by atoms with van der Waals surface area (Å²) in [6.45, 7) is 4.10. The first-order chi connectivity index (χ1) is 8.31. The molecule has 1 aliphatic heterocycles. The van der Waals surface area contributed by atoms with Gasteiger partial charge < -0.3 is 4.90 Å². The molecule has 1 aromatic rings. The van der Waals surface area contributed by atoms with E-state index >= 15 is 0 Å². The van der Waals surface area contributed by atoms with Crippen molar-refractivity contribution in [3.05, 3.63) is 24.0 Å². The van der Waals surface area contributed by atoms with E-state index in [1.165, 1.54) is 25.7 Å². The molecule has 0 atom stereocenters. The molecule has 3 nitrogen and oxygen atoms in total. The number of carbonyl (C=O) groups is 1. The van der Waals surface area contributed by atoms with Crippen LogP contribution >= 0.6 is 0 Å². The van der Waals surface area contributed by atoms with E-state index in [2.05, 4.69) is 9.88 Å². The monoisotopic (exact) mass is 232 g/mol. The Labute approximate surface area is 103 Å². The van der Waals surface area contributed by atoms with Crippen LogP contribution in [0.15, 0.2) is 18.3 Å². The van der Waals surface area contributed by atoms with E-state index in [0.717, 1.165) is 18.8 Å². The highest BCUT2D eigenvalue weighted by Crippen LogP contribution is 2.18. The molecule has 1 fully saturated rings. The zero-order valence-electron chi connectivity index (χ0n) is 10.5. The van der Waals surface area contributed by atoms with Gasteiger partial charge in [0.2, 0.25) is 0 Å². The predicted molar refractivity (Wildman–Crippen MR) is 69.5 cm³/mol. The molecule has 3 heteroatoms. The fourth-order valence-electron chi connectivity index (χ4n) is 2.25. The van der Waals surface area contributed by atoms with Crippen molar-refractivity contribution >= 4 is 11.5 Å². The smallest absolute Gasteiger partial charge is 0.180 e. The molecule has 0 radical (unpaired) electrons. The van der Waals surface area contributed by atoms with Crippen molar-refractivity contribution in [1.82, 2.24) is 4.98 Å². The van der Waals surface area contributed by atoms with Gasteiger partial charge in [-0.3, -0.25) is 9.78 Å². The van der Waals surface area contributed by atoms with Crippen molar-refractivity contribution in [3.8, 4) is 0 Å².